The Bertz CT molecular complexity index is 671. The van der Waals surface area contributed by atoms with Crippen LogP contribution in [0.15, 0.2) is 34.4 Å². The van der Waals surface area contributed by atoms with E-state index in [2.05, 4.69) is 0 Å². The second-order valence-electron chi connectivity index (χ2n) is 7.08. The molecule has 0 aromatic carbocycles. The van der Waals surface area contributed by atoms with E-state index in [1.807, 2.05) is 27.7 Å². The van der Waals surface area contributed by atoms with Gasteiger partial charge in [-0.05, 0) is 32.8 Å². The molecule has 3 heteroatoms. The number of rotatable bonds is 0. The molecule has 0 bridgehead atoms. The van der Waals surface area contributed by atoms with Crippen molar-refractivity contribution >= 4 is 17.3 Å². The largest absolute Gasteiger partial charge is 0.294 e. The number of hydrogen-bond acceptors (Lipinski definition) is 3. The summed E-state index contributed by atoms with van der Waals surface area (Å²) in [7, 11) is 0. The van der Waals surface area contributed by atoms with Crippen molar-refractivity contribution < 1.29 is 14.4 Å². The van der Waals surface area contributed by atoms with E-state index in [9.17, 15) is 14.4 Å². The van der Waals surface area contributed by atoms with Gasteiger partial charge in [-0.15, -0.1) is 0 Å². The zero-order valence-corrected chi connectivity index (χ0v) is 12.9. The monoisotopic (exact) mass is 284 g/mol. The average molecular weight is 284 g/mol. The molecule has 0 amide bonds. The maximum absolute atomic E-state index is 12.9. The van der Waals surface area contributed by atoms with E-state index < -0.39 is 5.41 Å². The zero-order valence-electron chi connectivity index (χ0n) is 12.9. The molecule has 0 aromatic rings. The van der Waals surface area contributed by atoms with Gasteiger partial charge < -0.3 is 0 Å². The van der Waals surface area contributed by atoms with Crippen LogP contribution < -0.4 is 0 Å². The van der Waals surface area contributed by atoms with Crippen molar-refractivity contribution in [2.24, 2.45) is 17.3 Å². The number of hydrogen-bond donors (Lipinski definition) is 0. The first-order chi connectivity index (χ1) is 9.74. The molecule has 0 saturated heterocycles. The fourth-order valence-corrected chi connectivity index (χ4v) is 3.80. The molecular formula is C18H20O3. The Morgan fingerprint density at radius 3 is 2.05 bits per heavy atom. The lowest BCUT2D eigenvalue weighted by molar-refractivity contribution is -0.133. The van der Waals surface area contributed by atoms with Gasteiger partial charge in [0.2, 0.25) is 0 Å². The van der Waals surface area contributed by atoms with Crippen LogP contribution in [0.1, 0.15) is 40.5 Å². The number of carbonyl (C=O) groups is 3. The Morgan fingerprint density at radius 2 is 1.48 bits per heavy atom. The maximum Gasteiger partial charge on any atom is 0.189 e. The summed E-state index contributed by atoms with van der Waals surface area (Å²) >= 11 is 0. The summed E-state index contributed by atoms with van der Waals surface area (Å²) in [5, 5.41) is 0. The minimum Gasteiger partial charge on any atom is -0.294 e. The normalized spacial score (nSPS) is 31.5. The predicted molar refractivity (Wildman–Crippen MR) is 79.6 cm³/mol. The second kappa shape index (κ2) is 4.36. The molecule has 0 aliphatic heterocycles. The van der Waals surface area contributed by atoms with Crippen molar-refractivity contribution in [3.8, 4) is 0 Å². The number of ketones is 3. The summed E-state index contributed by atoms with van der Waals surface area (Å²) < 4.78 is 0. The molecule has 0 aromatic heterocycles. The average Bonchev–Trinajstić information content (AvgIpc) is 2.41. The summed E-state index contributed by atoms with van der Waals surface area (Å²) in [6, 6.07) is 0. The van der Waals surface area contributed by atoms with E-state index in [1.165, 1.54) is 17.2 Å². The smallest absolute Gasteiger partial charge is 0.189 e. The van der Waals surface area contributed by atoms with Gasteiger partial charge in [0.05, 0.1) is 5.57 Å². The molecule has 3 nitrogen and oxygen atoms in total. The molecule has 2 unspecified atom stereocenters. The molecule has 3 aliphatic carbocycles. The highest BCUT2D eigenvalue weighted by Crippen LogP contribution is 2.47. The molecule has 2 atom stereocenters. The Hall–Kier alpha value is -1.77. The summed E-state index contributed by atoms with van der Waals surface area (Å²) in [6.45, 7) is 7.84. The van der Waals surface area contributed by atoms with Crippen LogP contribution in [0.3, 0.4) is 0 Å². The Morgan fingerprint density at radius 1 is 0.952 bits per heavy atom. The standard InChI is InChI=1S/C18H20O3/c1-9-7-11-12(8-10(9)2)17(21)15-14(16(11)20)13(19)5-6-18(15,3)4/h5-6,11-12H,7-8H2,1-4H3. The number of fused-ring (bicyclic) bond motifs is 1. The van der Waals surface area contributed by atoms with Gasteiger partial charge in [0.25, 0.3) is 0 Å². The molecule has 21 heavy (non-hydrogen) atoms. The third-order valence-corrected chi connectivity index (χ3v) is 5.22. The van der Waals surface area contributed by atoms with Gasteiger partial charge in [-0.25, -0.2) is 0 Å². The highest BCUT2D eigenvalue weighted by molar-refractivity contribution is 6.32. The molecule has 3 rings (SSSR count). The first kappa shape index (κ1) is 14.2. The minimum absolute atomic E-state index is 0.00384. The van der Waals surface area contributed by atoms with Gasteiger partial charge >= 0.3 is 0 Å². The minimum atomic E-state index is -0.537. The Labute approximate surface area is 124 Å². The summed E-state index contributed by atoms with van der Waals surface area (Å²) in [6.07, 6.45) is 4.44. The SMILES string of the molecule is CC1=C(C)CC2C(=O)C3=C(C(=O)C=CC3(C)C)C(=O)C2C1. The molecule has 110 valence electrons. The highest BCUT2D eigenvalue weighted by atomic mass is 16.2. The van der Waals surface area contributed by atoms with Crippen LogP contribution in [0, 0.1) is 17.3 Å². The van der Waals surface area contributed by atoms with Crippen molar-refractivity contribution in [2.75, 3.05) is 0 Å². The molecule has 3 aliphatic rings. The van der Waals surface area contributed by atoms with E-state index >= 15 is 0 Å². The van der Waals surface area contributed by atoms with Crippen LogP contribution in [0.5, 0.6) is 0 Å². The van der Waals surface area contributed by atoms with Gasteiger partial charge in [-0.3, -0.25) is 14.4 Å². The van der Waals surface area contributed by atoms with E-state index in [1.54, 1.807) is 6.08 Å². The molecular weight excluding hydrogens is 264 g/mol. The van der Waals surface area contributed by atoms with Crippen LogP contribution in [-0.4, -0.2) is 17.3 Å². The van der Waals surface area contributed by atoms with Crippen LogP contribution in [0.4, 0.5) is 0 Å². The van der Waals surface area contributed by atoms with Gasteiger partial charge in [0.1, 0.15) is 0 Å². The first-order valence-corrected chi connectivity index (χ1v) is 7.46. The van der Waals surface area contributed by atoms with Crippen molar-refractivity contribution in [3.63, 3.8) is 0 Å². The highest BCUT2D eigenvalue weighted by Gasteiger charge is 2.50. The van der Waals surface area contributed by atoms with Crippen molar-refractivity contribution in [2.45, 2.75) is 40.5 Å². The van der Waals surface area contributed by atoms with Crippen molar-refractivity contribution in [1.29, 1.82) is 0 Å². The lowest BCUT2D eigenvalue weighted by Gasteiger charge is -2.40. The molecule has 0 radical (unpaired) electrons. The van der Waals surface area contributed by atoms with Gasteiger partial charge in [-0.2, -0.15) is 0 Å². The zero-order chi connectivity index (χ0) is 15.5. The molecule has 0 saturated carbocycles. The predicted octanol–water partition coefficient (Wildman–Crippen LogP) is 2.96. The van der Waals surface area contributed by atoms with E-state index in [0.717, 1.165) is 0 Å². The Balaban J connectivity index is 2.16. The van der Waals surface area contributed by atoms with E-state index in [0.29, 0.717) is 18.4 Å². The van der Waals surface area contributed by atoms with Crippen LogP contribution in [0.25, 0.3) is 0 Å². The van der Waals surface area contributed by atoms with Crippen molar-refractivity contribution in [1.82, 2.24) is 0 Å². The van der Waals surface area contributed by atoms with E-state index in [4.69, 9.17) is 0 Å². The third-order valence-electron chi connectivity index (χ3n) is 5.22. The summed E-state index contributed by atoms with van der Waals surface area (Å²) in [5.74, 6) is -1.04. The van der Waals surface area contributed by atoms with Crippen LogP contribution in [0.2, 0.25) is 0 Å². The lowest BCUT2D eigenvalue weighted by atomic mass is 9.60. The van der Waals surface area contributed by atoms with Crippen LogP contribution in [-0.2, 0) is 14.4 Å². The summed E-state index contributed by atoms with van der Waals surface area (Å²) in [4.78, 5) is 37.9. The second-order valence-corrected chi connectivity index (χ2v) is 7.08. The van der Waals surface area contributed by atoms with Gasteiger partial charge in [-0.1, -0.05) is 31.1 Å². The number of Topliss-reactive ketones (excluding diaryl/α,β-unsaturated/α-hetero) is 2. The molecule has 0 fully saturated rings. The van der Waals surface area contributed by atoms with Crippen molar-refractivity contribution in [3.05, 3.63) is 34.4 Å². The van der Waals surface area contributed by atoms with Gasteiger partial charge in [0, 0.05) is 22.8 Å². The molecule has 0 heterocycles. The first-order valence-electron chi connectivity index (χ1n) is 7.46. The van der Waals surface area contributed by atoms with Crippen LogP contribution >= 0.6 is 0 Å². The third kappa shape index (κ3) is 1.90. The Kier molecular flexibility index (Phi) is 2.94. The van der Waals surface area contributed by atoms with Gasteiger partial charge in [0.15, 0.2) is 17.3 Å². The summed E-state index contributed by atoms with van der Waals surface area (Å²) in [5.41, 5.74) is 2.44. The van der Waals surface area contributed by atoms with E-state index in [-0.39, 0.29) is 34.8 Å². The maximum atomic E-state index is 12.9. The quantitative estimate of drug-likeness (QED) is 0.507. The molecule has 0 N–H and O–H groups in total. The fraction of sp³-hybridized carbons (Fsp3) is 0.500. The lowest BCUT2D eigenvalue weighted by Crippen LogP contribution is -2.45. The topological polar surface area (TPSA) is 51.2 Å². The fourth-order valence-electron chi connectivity index (χ4n) is 3.80. The molecule has 0 spiro atoms. The number of allylic oxidation sites excluding steroid dienone is 6. The number of carbonyl (C=O) groups excluding carboxylic acids is 3.